The monoisotopic (exact) mass is 461 g/mol. The summed E-state index contributed by atoms with van der Waals surface area (Å²) in [7, 11) is 1.42. The van der Waals surface area contributed by atoms with Gasteiger partial charge in [-0.2, -0.15) is 0 Å². The van der Waals surface area contributed by atoms with Gasteiger partial charge in [-0.25, -0.2) is 9.59 Å². The second-order valence-electron chi connectivity index (χ2n) is 5.53. The summed E-state index contributed by atoms with van der Waals surface area (Å²) in [5.74, 6) is -2.82. The SMILES string of the molecule is COc1cc(C=C2C(=O)OC(C)(C)OC2=O)cc(I)c1OCC(N)=O. The second kappa shape index (κ2) is 7.30. The third-order valence-electron chi connectivity index (χ3n) is 3.04. The van der Waals surface area contributed by atoms with Gasteiger partial charge in [-0.1, -0.05) is 0 Å². The average Bonchev–Trinajstić information content (AvgIpc) is 2.48. The summed E-state index contributed by atoms with van der Waals surface area (Å²) in [4.78, 5) is 34.9. The van der Waals surface area contributed by atoms with Gasteiger partial charge in [0.25, 0.3) is 11.7 Å². The lowest BCUT2D eigenvalue weighted by atomic mass is 10.1. The molecule has 1 aliphatic heterocycles. The van der Waals surface area contributed by atoms with Gasteiger partial charge in [0.2, 0.25) is 0 Å². The molecule has 1 heterocycles. The van der Waals surface area contributed by atoms with E-state index < -0.39 is 23.6 Å². The number of carbonyl (C=O) groups excluding carboxylic acids is 3. The highest BCUT2D eigenvalue weighted by molar-refractivity contribution is 14.1. The molecule has 0 aliphatic carbocycles. The number of cyclic esters (lactones) is 2. The number of carbonyl (C=O) groups is 3. The molecule has 0 atom stereocenters. The highest BCUT2D eigenvalue weighted by Crippen LogP contribution is 2.35. The van der Waals surface area contributed by atoms with Crippen LogP contribution < -0.4 is 15.2 Å². The summed E-state index contributed by atoms with van der Waals surface area (Å²) in [6.45, 7) is 2.63. The minimum absolute atomic E-state index is 0.233. The summed E-state index contributed by atoms with van der Waals surface area (Å²) in [5.41, 5.74) is 5.33. The average molecular weight is 461 g/mol. The standard InChI is InChI=1S/C16H16INO7/c1-16(2)24-14(20)9(15(21)25-16)4-8-5-10(17)13(11(6-8)22-3)23-7-12(18)19/h4-6H,7H2,1-3H3,(H2,18,19). The molecule has 1 aromatic carbocycles. The zero-order valence-electron chi connectivity index (χ0n) is 13.8. The van der Waals surface area contributed by atoms with Crippen molar-refractivity contribution in [1.29, 1.82) is 0 Å². The van der Waals surface area contributed by atoms with Crippen LogP contribution >= 0.6 is 22.6 Å². The fraction of sp³-hybridized carbons (Fsp3) is 0.312. The van der Waals surface area contributed by atoms with E-state index in [1.807, 2.05) is 22.6 Å². The first-order chi connectivity index (χ1) is 11.6. The molecule has 134 valence electrons. The van der Waals surface area contributed by atoms with E-state index in [0.717, 1.165) is 0 Å². The molecule has 0 unspecified atom stereocenters. The van der Waals surface area contributed by atoms with E-state index >= 15 is 0 Å². The summed E-state index contributed by atoms with van der Waals surface area (Å²) in [5, 5.41) is 0. The maximum Gasteiger partial charge on any atom is 0.348 e. The van der Waals surface area contributed by atoms with Crippen LogP contribution in [0.4, 0.5) is 0 Å². The first kappa shape index (κ1) is 19.0. The first-order valence-electron chi connectivity index (χ1n) is 7.10. The number of nitrogens with two attached hydrogens (primary N) is 1. The van der Waals surface area contributed by atoms with Gasteiger partial charge in [-0.3, -0.25) is 4.79 Å². The zero-order valence-corrected chi connectivity index (χ0v) is 15.9. The van der Waals surface area contributed by atoms with Gasteiger partial charge in [0, 0.05) is 13.8 Å². The van der Waals surface area contributed by atoms with Crippen LogP contribution in [-0.4, -0.2) is 37.3 Å². The number of hydrogen-bond donors (Lipinski definition) is 1. The van der Waals surface area contributed by atoms with Crippen LogP contribution in [0, 0.1) is 3.57 Å². The molecule has 0 saturated carbocycles. The number of amides is 1. The Bertz CT molecular complexity index is 748. The van der Waals surface area contributed by atoms with Gasteiger partial charge < -0.3 is 24.7 Å². The Balaban J connectivity index is 2.37. The van der Waals surface area contributed by atoms with Crippen molar-refractivity contribution >= 4 is 46.5 Å². The van der Waals surface area contributed by atoms with Gasteiger partial charge in [-0.05, 0) is 46.4 Å². The van der Waals surface area contributed by atoms with Gasteiger partial charge >= 0.3 is 11.9 Å². The molecule has 0 spiro atoms. The minimum Gasteiger partial charge on any atom is -0.493 e. The van der Waals surface area contributed by atoms with E-state index in [1.165, 1.54) is 27.0 Å². The topological polar surface area (TPSA) is 114 Å². The van der Waals surface area contributed by atoms with Crippen LogP contribution in [0.2, 0.25) is 0 Å². The second-order valence-corrected chi connectivity index (χ2v) is 6.69. The summed E-state index contributed by atoms with van der Waals surface area (Å²) < 4.78 is 21.2. The quantitative estimate of drug-likeness (QED) is 0.305. The molecular formula is C16H16INO7. The molecule has 2 rings (SSSR count). The molecular weight excluding hydrogens is 445 g/mol. The molecule has 25 heavy (non-hydrogen) atoms. The van der Waals surface area contributed by atoms with E-state index in [1.54, 1.807) is 12.1 Å². The Morgan fingerprint density at radius 1 is 1.28 bits per heavy atom. The van der Waals surface area contributed by atoms with Gasteiger partial charge in [-0.15, -0.1) is 0 Å². The first-order valence-corrected chi connectivity index (χ1v) is 8.18. The third-order valence-corrected chi connectivity index (χ3v) is 3.84. The highest BCUT2D eigenvalue weighted by Gasteiger charge is 2.38. The lowest BCUT2D eigenvalue weighted by Crippen LogP contribution is -2.41. The van der Waals surface area contributed by atoms with E-state index in [2.05, 4.69) is 0 Å². The molecule has 1 aliphatic rings. The number of primary amides is 1. The number of ether oxygens (including phenoxy) is 4. The van der Waals surface area contributed by atoms with Crippen molar-refractivity contribution in [2.24, 2.45) is 5.73 Å². The lowest BCUT2D eigenvalue weighted by Gasteiger charge is -2.29. The van der Waals surface area contributed by atoms with Crippen LogP contribution in [0.25, 0.3) is 6.08 Å². The lowest BCUT2D eigenvalue weighted by molar-refractivity contribution is -0.222. The predicted octanol–water partition coefficient (Wildman–Crippen LogP) is 1.38. The van der Waals surface area contributed by atoms with Crippen LogP contribution in [0.3, 0.4) is 0 Å². The van der Waals surface area contributed by atoms with Crippen molar-refractivity contribution in [2.45, 2.75) is 19.6 Å². The maximum absolute atomic E-state index is 12.0. The molecule has 0 bridgehead atoms. The van der Waals surface area contributed by atoms with Crippen molar-refractivity contribution in [3.63, 3.8) is 0 Å². The molecule has 0 aromatic heterocycles. The fourth-order valence-corrected chi connectivity index (χ4v) is 2.83. The summed E-state index contributed by atoms with van der Waals surface area (Å²) >= 11 is 1.97. The van der Waals surface area contributed by atoms with Crippen molar-refractivity contribution in [3.05, 3.63) is 26.8 Å². The number of hydrogen-bond acceptors (Lipinski definition) is 7. The summed E-state index contributed by atoms with van der Waals surface area (Å²) in [6.07, 6.45) is 1.34. The molecule has 1 saturated heterocycles. The molecule has 8 nitrogen and oxygen atoms in total. The van der Waals surface area contributed by atoms with E-state index in [9.17, 15) is 14.4 Å². The van der Waals surface area contributed by atoms with Gasteiger partial charge in [0.05, 0.1) is 10.7 Å². The van der Waals surface area contributed by atoms with Crippen LogP contribution in [-0.2, 0) is 23.9 Å². The maximum atomic E-state index is 12.0. The Labute approximate surface area is 157 Å². The van der Waals surface area contributed by atoms with E-state index in [-0.39, 0.29) is 12.2 Å². The fourth-order valence-electron chi connectivity index (χ4n) is 2.05. The molecule has 2 N–H and O–H groups in total. The Hall–Kier alpha value is -2.30. The van der Waals surface area contributed by atoms with Gasteiger partial charge in [0.1, 0.15) is 5.57 Å². The largest absolute Gasteiger partial charge is 0.493 e. The predicted molar refractivity (Wildman–Crippen MR) is 94.6 cm³/mol. The van der Waals surface area contributed by atoms with Crippen LogP contribution in [0.1, 0.15) is 19.4 Å². The smallest absolute Gasteiger partial charge is 0.348 e. The number of halogens is 1. The Morgan fingerprint density at radius 2 is 1.88 bits per heavy atom. The number of benzene rings is 1. The number of methoxy groups -OCH3 is 1. The van der Waals surface area contributed by atoms with Crippen molar-refractivity contribution < 1.29 is 33.3 Å². The molecule has 1 fully saturated rings. The minimum atomic E-state index is -1.30. The van der Waals surface area contributed by atoms with Crippen molar-refractivity contribution in [2.75, 3.05) is 13.7 Å². The number of rotatable bonds is 5. The third kappa shape index (κ3) is 4.62. The molecule has 1 amide bonds. The zero-order chi connectivity index (χ0) is 18.8. The normalized spacial score (nSPS) is 15.9. The molecule has 0 radical (unpaired) electrons. The highest BCUT2D eigenvalue weighted by atomic mass is 127. The van der Waals surface area contributed by atoms with Crippen LogP contribution in [0.5, 0.6) is 11.5 Å². The van der Waals surface area contributed by atoms with Crippen molar-refractivity contribution in [3.8, 4) is 11.5 Å². The Morgan fingerprint density at radius 3 is 2.40 bits per heavy atom. The Kier molecular flexibility index (Phi) is 5.55. The molecule has 9 heteroatoms. The summed E-state index contributed by atoms with van der Waals surface area (Å²) in [6, 6.07) is 3.19. The van der Waals surface area contributed by atoms with E-state index in [0.29, 0.717) is 20.6 Å². The van der Waals surface area contributed by atoms with E-state index in [4.69, 9.17) is 24.7 Å². The van der Waals surface area contributed by atoms with Crippen LogP contribution in [0.15, 0.2) is 17.7 Å². The van der Waals surface area contributed by atoms with Crippen molar-refractivity contribution in [1.82, 2.24) is 0 Å². The van der Waals surface area contributed by atoms with Gasteiger partial charge in [0.15, 0.2) is 18.1 Å². The number of esters is 2. The molecule has 1 aromatic rings.